The third-order valence-corrected chi connectivity index (χ3v) is 4.26. The smallest absolute Gasteiger partial charge is 0.220 e. The van der Waals surface area contributed by atoms with Crippen LogP contribution < -0.4 is 10.1 Å². The molecule has 0 fully saturated rings. The van der Waals surface area contributed by atoms with Crippen LogP contribution in [0.25, 0.3) is 11.3 Å². The van der Waals surface area contributed by atoms with Gasteiger partial charge in [-0.3, -0.25) is 4.79 Å². The maximum absolute atomic E-state index is 12.2. The third-order valence-electron chi connectivity index (χ3n) is 4.26. The number of aromatic nitrogens is 1. The van der Waals surface area contributed by atoms with E-state index < -0.39 is 0 Å². The highest BCUT2D eigenvalue weighted by Crippen LogP contribution is 2.23. The second-order valence-electron chi connectivity index (χ2n) is 6.14. The predicted octanol–water partition coefficient (Wildman–Crippen LogP) is 3.91. The molecule has 0 atom stereocenters. The van der Waals surface area contributed by atoms with Gasteiger partial charge in [-0.25, -0.2) is 0 Å². The molecular weight excluding hydrogens is 328 g/mol. The van der Waals surface area contributed by atoms with Gasteiger partial charge in [0.05, 0.1) is 7.11 Å². The summed E-state index contributed by atoms with van der Waals surface area (Å²) in [6.45, 7) is 2.48. The number of carbonyl (C=O) groups is 1. The van der Waals surface area contributed by atoms with Crippen LogP contribution in [0.2, 0.25) is 0 Å². The van der Waals surface area contributed by atoms with E-state index in [-0.39, 0.29) is 5.91 Å². The number of benzene rings is 2. The van der Waals surface area contributed by atoms with Crippen LogP contribution in [0, 0.1) is 6.92 Å². The molecule has 0 aliphatic heterocycles. The van der Waals surface area contributed by atoms with Crippen molar-refractivity contribution in [3.63, 3.8) is 0 Å². The lowest BCUT2D eigenvalue weighted by Crippen LogP contribution is -2.23. The average molecular weight is 350 g/mol. The van der Waals surface area contributed by atoms with Crippen molar-refractivity contribution in [1.82, 2.24) is 10.5 Å². The fourth-order valence-corrected chi connectivity index (χ4v) is 2.76. The summed E-state index contributed by atoms with van der Waals surface area (Å²) in [5.74, 6) is 0.750. The number of nitrogens with zero attached hydrogens (tertiary/aromatic N) is 1. The second-order valence-corrected chi connectivity index (χ2v) is 6.14. The Hall–Kier alpha value is -3.08. The van der Waals surface area contributed by atoms with Gasteiger partial charge in [0.15, 0.2) is 0 Å². The molecule has 0 unspecified atom stereocenters. The molecule has 1 heterocycles. The molecule has 0 bridgehead atoms. The molecule has 5 heteroatoms. The molecular formula is C21H22N2O3. The maximum atomic E-state index is 12.2. The number of amides is 1. The van der Waals surface area contributed by atoms with Crippen molar-refractivity contribution in [2.24, 2.45) is 0 Å². The molecule has 0 saturated heterocycles. The van der Waals surface area contributed by atoms with E-state index in [4.69, 9.17) is 9.26 Å². The summed E-state index contributed by atoms with van der Waals surface area (Å²) < 4.78 is 10.4. The number of hydrogen-bond acceptors (Lipinski definition) is 4. The minimum atomic E-state index is -0.0213. The molecule has 26 heavy (non-hydrogen) atoms. The van der Waals surface area contributed by atoms with Crippen molar-refractivity contribution < 1.29 is 14.1 Å². The van der Waals surface area contributed by atoms with Crippen molar-refractivity contribution >= 4 is 5.91 Å². The number of nitrogens with one attached hydrogen (secondary N) is 1. The molecule has 1 aromatic heterocycles. The molecule has 2 aromatic carbocycles. The van der Waals surface area contributed by atoms with Gasteiger partial charge in [0.1, 0.15) is 17.7 Å². The van der Waals surface area contributed by atoms with Crippen LogP contribution >= 0.6 is 0 Å². The van der Waals surface area contributed by atoms with Gasteiger partial charge < -0.3 is 14.6 Å². The minimum absolute atomic E-state index is 0.0213. The summed E-state index contributed by atoms with van der Waals surface area (Å²) in [7, 11) is 1.62. The van der Waals surface area contributed by atoms with E-state index in [1.807, 2.05) is 55.5 Å². The van der Waals surface area contributed by atoms with Gasteiger partial charge in [0.2, 0.25) is 5.91 Å². The average Bonchev–Trinajstić information content (AvgIpc) is 3.14. The van der Waals surface area contributed by atoms with Crippen LogP contribution in [0.5, 0.6) is 5.75 Å². The number of hydrogen-bond donors (Lipinski definition) is 1. The van der Waals surface area contributed by atoms with E-state index in [1.165, 1.54) is 5.56 Å². The Labute approximate surface area is 153 Å². The summed E-state index contributed by atoms with van der Waals surface area (Å²) in [5, 5.41) is 7.02. The van der Waals surface area contributed by atoms with Gasteiger partial charge in [-0.1, -0.05) is 53.2 Å². The van der Waals surface area contributed by atoms with Gasteiger partial charge in [0.25, 0.3) is 0 Å². The SMILES string of the molecule is COc1ccccc1CNC(=O)CCc1conc1-c1ccc(C)cc1. The quantitative estimate of drug-likeness (QED) is 0.702. The number of para-hydroxylation sites is 1. The molecule has 134 valence electrons. The highest BCUT2D eigenvalue weighted by Gasteiger charge is 2.12. The lowest BCUT2D eigenvalue weighted by molar-refractivity contribution is -0.121. The van der Waals surface area contributed by atoms with E-state index >= 15 is 0 Å². The Bertz CT molecular complexity index is 869. The summed E-state index contributed by atoms with van der Waals surface area (Å²) in [6, 6.07) is 15.7. The van der Waals surface area contributed by atoms with Crippen molar-refractivity contribution in [3.05, 3.63) is 71.5 Å². The topological polar surface area (TPSA) is 64.4 Å². The van der Waals surface area contributed by atoms with E-state index in [9.17, 15) is 4.79 Å². The van der Waals surface area contributed by atoms with Gasteiger partial charge >= 0.3 is 0 Å². The van der Waals surface area contributed by atoms with E-state index in [1.54, 1.807) is 13.4 Å². The summed E-state index contributed by atoms with van der Waals surface area (Å²) in [6.07, 6.45) is 2.56. The first-order valence-electron chi connectivity index (χ1n) is 8.56. The van der Waals surface area contributed by atoms with Gasteiger partial charge in [-0.2, -0.15) is 0 Å². The van der Waals surface area contributed by atoms with Crippen LogP contribution in [-0.4, -0.2) is 18.2 Å². The summed E-state index contributed by atoms with van der Waals surface area (Å²) in [5.41, 5.74) is 4.86. The van der Waals surface area contributed by atoms with Crippen LogP contribution in [0.1, 0.15) is 23.1 Å². The Morgan fingerprint density at radius 3 is 2.65 bits per heavy atom. The molecule has 0 radical (unpaired) electrons. The molecule has 3 rings (SSSR count). The minimum Gasteiger partial charge on any atom is -0.496 e. The molecule has 0 saturated carbocycles. The highest BCUT2D eigenvalue weighted by atomic mass is 16.5. The molecule has 1 N–H and O–H groups in total. The summed E-state index contributed by atoms with van der Waals surface area (Å²) >= 11 is 0. The fraction of sp³-hybridized carbons (Fsp3) is 0.238. The van der Waals surface area contributed by atoms with Gasteiger partial charge in [-0.15, -0.1) is 0 Å². The van der Waals surface area contributed by atoms with E-state index in [2.05, 4.69) is 10.5 Å². The van der Waals surface area contributed by atoms with Gasteiger partial charge in [-0.05, 0) is 19.4 Å². The number of ether oxygens (including phenoxy) is 1. The van der Waals surface area contributed by atoms with E-state index in [0.717, 1.165) is 28.1 Å². The molecule has 0 aliphatic rings. The third kappa shape index (κ3) is 4.30. The first-order valence-corrected chi connectivity index (χ1v) is 8.56. The van der Waals surface area contributed by atoms with Gasteiger partial charge in [0, 0.05) is 29.7 Å². The summed E-state index contributed by atoms with van der Waals surface area (Å²) in [4.78, 5) is 12.2. The Morgan fingerprint density at radius 2 is 1.88 bits per heavy atom. The monoisotopic (exact) mass is 350 g/mol. The van der Waals surface area contributed by atoms with Crippen LogP contribution in [0.4, 0.5) is 0 Å². The van der Waals surface area contributed by atoms with Crippen LogP contribution in [0.15, 0.2) is 59.3 Å². The highest BCUT2D eigenvalue weighted by molar-refractivity contribution is 5.76. The Morgan fingerprint density at radius 1 is 1.12 bits per heavy atom. The Kier molecular flexibility index (Phi) is 5.69. The normalized spacial score (nSPS) is 10.5. The lowest BCUT2D eigenvalue weighted by atomic mass is 10.0. The largest absolute Gasteiger partial charge is 0.496 e. The first kappa shape index (κ1) is 17.7. The number of aryl methyl sites for hydroxylation is 2. The lowest BCUT2D eigenvalue weighted by Gasteiger charge is -2.09. The zero-order valence-electron chi connectivity index (χ0n) is 15.0. The van der Waals surface area contributed by atoms with Crippen molar-refractivity contribution in [3.8, 4) is 17.0 Å². The van der Waals surface area contributed by atoms with Crippen molar-refractivity contribution in [2.45, 2.75) is 26.3 Å². The molecule has 3 aromatic rings. The first-order chi connectivity index (χ1) is 12.7. The zero-order valence-corrected chi connectivity index (χ0v) is 15.0. The fourth-order valence-electron chi connectivity index (χ4n) is 2.76. The van der Waals surface area contributed by atoms with Crippen LogP contribution in [0.3, 0.4) is 0 Å². The molecule has 0 aliphatic carbocycles. The number of methoxy groups -OCH3 is 1. The molecule has 5 nitrogen and oxygen atoms in total. The zero-order chi connectivity index (χ0) is 18.4. The maximum Gasteiger partial charge on any atom is 0.220 e. The second kappa shape index (κ2) is 8.34. The molecule has 1 amide bonds. The van der Waals surface area contributed by atoms with Crippen molar-refractivity contribution in [2.75, 3.05) is 7.11 Å². The van der Waals surface area contributed by atoms with Crippen molar-refractivity contribution in [1.29, 1.82) is 0 Å². The van der Waals surface area contributed by atoms with E-state index in [0.29, 0.717) is 19.4 Å². The number of rotatable bonds is 7. The molecule has 0 spiro atoms. The Balaban J connectivity index is 1.57. The predicted molar refractivity (Wildman–Crippen MR) is 99.8 cm³/mol. The number of carbonyl (C=O) groups excluding carboxylic acids is 1. The van der Waals surface area contributed by atoms with Crippen LogP contribution in [-0.2, 0) is 17.8 Å². The standard InChI is InChI=1S/C21H22N2O3/c1-15-7-9-16(10-8-15)21-18(14-26-23-21)11-12-20(24)22-13-17-5-3-4-6-19(17)25-2/h3-10,14H,11-13H2,1-2H3,(H,22,24).